The zero-order valence-corrected chi connectivity index (χ0v) is 41.3. The van der Waals surface area contributed by atoms with E-state index in [4.69, 9.17) is 7.80 Å². The molecule has 0 atom stereocenters. The van der Waals surface area contributed by atoms with E-state index in [-0.39, 0.29) is 21.2 Å². The van der Waals surface area contributed by atoms with Gasteiger partial charge in [0.2, 0.25) is 0 Å². The van der Waals surface area contributed by atoms with Crippen molar-refractivity contribution in [2.75, 3.05) is 11.5 Å². The molecule has 15 aromatic rings. The van der Waals surface area contributed by atoms with E-state index in [1.165, 1.54) is 168 Å². The van der Waals surface area contributed by atoms with Crippen LogP contribution in [-0.2, 0) is 0 Å². The zero-order valence-electron chi connectivity index (χ0n) is 37.0. The van der Waals surface area contributed by atoms with Gasteiger partial charge in [-0.2, -0.15) is 0 Å². The summed E-state index contributed by atoms with van der Waals surface area (Å²) in [5, 5.41) is 33.2. The Kier molecular flexibility index (Phi) is 8.09. The Labute approximate surface area is 410 Å². The fourth-order valence-corrected chi connectivity index (χ4v) is 16.0. The molecule has 0 aromatic heterocycles. The van der Waals surface area contributed by atoms with Crippen LogP contribution in [0.1, 0.15) is 18.9 Å². The van der Waals surface area contributed by atoms with Crippen LogP contribution in [0, 0.1) is 10.5 Å². The molecule has 0 N–H and O–H groups in total. The first-order chi connectivity index (χ1) is 33.1. The summed E-state index contributed by atoms with van der Waals surface area (Å²) in [6.07, 6.45) is 1.19. The summed E-state index contributed by atoms with van der Waals surface area (Å²) in [6.45, 7) is 4.80. The van der Waals surface area contributed by atoms with Crippen LogP contribution in [-0.4, -0.2) is 11.5 Å². The van der Waals surface area contributed by atoms with E-state index in [1.54, 1.807) is 10.7 Å². The summed E-state index contributed by atoms with van der Waals surface area (Å²) in [5.41, 5.74) is 6.32. The predicted molar refractivity (Wildman–Crippen MR) is 292 cm³/mol. The first-order valence-corrected chi connectivity index (χ1v) is 26.7. The number of benzene rings is 13. The second kappa shape index (κ2) is 14.0. The van der Waals surface area contributed by atoms with Crippen LogP contribution in [0.3, 0.4) is 0 Å². The van der Waals surface area contributed by atoms with E-state index in [0.717, 1.165) is 11.5 Å². The third kappa shape index (κ3) is 4.95. The number of rotatable bonds is 7. The van der Waals surface area contributed by atoms with Gasteiger partial charge in [0.05, 0.1) is 7.11 Å². The van der Waals surface area contributed by atoms with Gasteiger partial charge >= 0.3 is 340 Å². The van der Waals surface area contributed by atoms with Gasteiger partial charge in [-0.1, -0.05) is 0 Å². The van der Waals surface area contributed by atoms with Crippen molar-refractivity contribution in [1.82, 2.24) is 0 Å². The summed E-state index contributed by atoms with van der Waals surface area (Å²) in [4.78, 5) is 0. The first-order valence-electron chi connectivity index (χ1n) is 23.2. The minimum absolute atomic E-state index is 0.300. The molecule has 0 saturated carbocycles. The van der Waals surface area contributed by atoms with E-state index in [0.29, 0.717) is 0 Å². The number of hydrogen-bond donors (Lipinski definition) is 0. The Morgan fingerprint density at radius 1 is 0.373 bits per heavy atom. The maximum absolute atomic E-state index is 5.51. The molecule has 2 nitrogen and oxygen atoms in total. The van der Waals surface area contributed by atoms with Gasteiger partial charge in [0.1, 0.15) is 11.5 Å². The molecule has 0 spiro atoms. The quantitative estimate of drug-likeness (QED) is 0.0685. The molecule has 0 aliphatic carbocycles. The third-order valence-corrected chi connectivity index (χ3v) is 19.4. The topological polar surface area (TPSA) is 18.5 Å². The third-order valence-electron chi connectivity index (χ3n) is 15.4. The molecule has 15 rings (SSSR count). The van der Waals surface area contributed by atoms with E-state index >= 15 is 0 Å². The van der Waals surface area contributed by atoms with E-state index in [1.807, 2.05) is 23.0 Å². The van der Waals surface area contributed by atoms with E-state index < -0.39 is 0 Å². The van der Waals surface area contributed by atoms with Crippen LogP contribution < -0.4 is 29.0 Å². The van der Waals surface area contributed by atoms with Gasteiger partial charge in [-0.15, -0.1) is 0 Å². The second-order valence-corrected chi connectivity index (χ2v) is 21.9. The van der Waals surface area contributed by atoms with Crippen LogP contribution in [0.4, 0.5) is 0 Å². The molecule has 0 bridgehead atoms. The van der Waals surface area contributed by atoms with Crippen LogP contribution in [0.15, 0.2) is 158 Å². The zero-order chi connectivity index (χ0) is 44.4. The molecule has 0 heterocycles. The number of hydrogen-bond acceptors (Lipinski definition) is 2. The Hall–Kier alpha value is -6.48. The molecule has 0 aliphatic heterocycles. The SMILES string of the molecule is CCC[I-]c1c2c3ccc4c5cccc6c(-c7ccc(OC)cc7)ccc(c7ccc(c2c(C)c2c8ccc9c%10ccc(-c%11ccc(OI)cc%11)c%11cccc(c%12ccc(c12)c8c9%12)c%11%10)c3c74)c65. The van der Waals surface area contributed by atoms with Crippen LogP contribution in [0.5, 0.6) is 11.5 Å². The predicted octanol–water partition coefficient (Wildman–Crippen LogP) is 15.3. The summed E-state index contributed by atoms with van der Waals surface area (Å²) < 4.78 is 13.9. The van der Waals surface area contributed by atoms with Crippen LogP contribution in [0.25, 0.3) is 152 Å². The summed E-state index contributed by atoms with van der Waals surface area (Å²) >= 11 is 1.65. The van der Waals surface area contributed by atoms with Crippen molar-refractivity contribution in [2.24, 2.45) is 0 Å². The van der Waals surface area contributed by atoms with Gasteiger partial charge in [-0.05, 0) is 24.3 Å². The van der Waals surface area contributed by atoms with Crippen molar-refractivity contribution in [3.05, 3.63) is 167 Å². The first kappa shape index (κ1) is 38.6. The molecule has 67 heavy (non-hydrogen) atoms. The van der Waals surface area contributed by atoms with Gasteiger partial charge in [0, 0.05) is 0 Å². The normalized spacial score (nSPS) is 12.7. The Morgan fingerprint density at radius 2 is 0.731 bits per heavy atom. The van der Waals surface area contributed by atoms with Crippen molar-refractivity contribution >= 4 is 152 Å². The molecule has 318 valence electrons. The fourth-order valence-electron chi connectivity index (χ4n) is 12.7. The van der Waals surface area contributed by atoms with Crippen molar-refractivity contribution in [2.45, 2.75) is 20.3 Å². The van der Waals surface area contributed by atoms with Crippen LogP contribution in [0.2, 0.25) is 0 Å². The van der Waals surface area contributed by atoms with Crippen molar-refractivity contribution in [3.8, 4) is 33.8 Å². The Balaban J connectivity index is 1.03. The molecule has 15 aromatic carbocycles. The van der Waals surface area contributed by atoms with Crippen molar-refractivity contribution < 1.29 is 29.0 Å². The average molecular weight is 1080 g/mol. The molecule has 0 fully saturated rings. The van der Waals surface area contributed by atoms with Gasteiger partial charge in [0.25, 0.3) is 0 Å². The standard InChI is InChI=1S/C63H39I2O2/c1-4-31-65-63-61-51-29-25-45-41-9-5-7-39-37(33-11-15-35(66-3)16-12-33)19-21-43(55(39)41)47-23-27-49(59(51)57(45)47)53(61)32(2)54-50-28-24-48-44-22-20-38(34-13-17-36(67-64)18-14-34)40-8-6-10-42(56(40)44)46-26-30-52(62(54)63)60(50)58(46)48/h5-30H,4,31H2,1-3H3/q-1. The molecule has 0 unspecified atom stereocenters. The molecule has 0 amide bonds. The Bertz CT molecular complexity index is 4230. The van der Waals surface area contributed by atoms with Gasteiger partial charge < -0.3 is 7.80 Å². The monoisotopic (exact) mass is 1080 g/mol. The van der Waals surface area contributed by atoms with Crippen LogP contribution >= 0.6 is 23.0 Å². The number of ether oxygens (including phenoxy) is 1. The molecular weight excluding hydrogens is 1040 g/mol. The van der Waals surface area contributed by atoms with Gasteiger partial charge in [-0.3, -0.25) is 0 Å². The summed E-state index contributed by atoms with van der Waals surface area (Å²) in [7, 11) is 1.73. The number of alkyl halides is 1. The maximum atomic E-state index is 5.51. The molecule has 0 aliphatic rings. The Morgan fingerprint density at radius 3 is 1.16 bits per heavy atom. The molecular formula is C63H39I2O2-. The van der Waals surface area contributed by atoms with E-state index in [9.17, 15) is 0 Å². The van der Waals surface area contributed by atoms with Gasteiger partial charge in [-0.25, -0.2) is 0 Å². The van der Waals surface area contributed by atoms with Crippen molar-refractivity contribution in [3.63, 3.8) is 0 Å². The number of fused-ring (bicyclic) bond motifs is 10. The number of aryl methyl sites for hydroxylation is 1. The van der Waals surface area contributed by atoms with Crippen molar-refractivity contribution in [1.29, 1.82) is 0 Å². The fraction of sp³-hybridized carbons (Fsp3) is 0.0794. The number of methoxy groups -OCH3 is 1. The minimum atomic E-state index is -0.300. The second-order valence-electron chi connectivity index (χ2n) is 18.5. The van der Waals surface area contributed by atoms with Gasteiger partial charge in [0.15, 0.2) is 23.0 Å². The molecule has 4 heteroatoms. The number of halogens is 2. The molecule has 0 radical (unpaired) electrons. The average Bonchev–Trinajstić information content (AvgIpc) is 3.91. The van der Waals surface area contributed by atoms with E-state index in [2.05, 4.69) is 172 Å². The summed E-state index contributed by atoms with van der Waals surface area (Å²) in [6, 6.07) is 60.0. The summed E-state index contributed by atoms with van der Waals surface area (Å²) in [5.74, 6) is 1.74. The molecule has 0 saturated heterocycles.